The van der Waals surface area contributed by atoms with Crippen LogP contribution in [-0.4, -0.2) is 42.6 Å². The summed E-state index contributed by atoms with van der Waals surface area (Å²) >= 11 is 0. The van der Waals surface area contributed by atoms with Crippen LogP contribution >= 0.6 is 12.4 Å². The minimum Gasteiger partial charge on any atom is -0.478 e. The Hall–Kier alpha value is -1.26. The van der Waals surface area contributed by atoms with E-state index in [4.69, 9.17) is 4.74 Å². The molecule has 1 amide bonds. The van der Waals surface area contributed by atoms with Crippen molar-refractivity contribution < 1.29 is 9.53 Å². The highest BCUT2D eigenvalue weighted by molar-refractivity contribution is 5.85. The number of para-hydroxylation sites is 1. The number of rotatable bonds is 3. The maximum atomic E-state index is 12.4. The topological polar surface area (TPSA) is 41.6 Å². The Morgan fingerprint density at radius 1 is 1.21 bits per heavy atom. The van der Waals surface area contributed by atoms with Gasteiger partial charge in [0.25, 0.3) is 5.91 Å². The van der Waals surface area contributed by atoms with Gasteiger partial charge in [-0.05, 0) is 26.0 Å². The van der Waals surface area contributed by atoms with Crippen molar-refractivity contribution >= 4 is 18.3 Å². The highest BCUT2D eigenvalue weighted by Gasteiger charge is 2.34. The summed E-state index contributed by atoms with van der Waals surface area (Å²) in [4.78, 5) is 14.3. The van der Waals surface area contributed by atoms with E-state index in [1.54, 1.807) is 0 Å². The van der Waals surface area contributed by atoms with E-state index >= 15 is 0 Å². The van der Waals surface area contributed by atoms with Crippen LogP contribution in [0.1, 0.15) is 13.8 Å². The van der Waals surface area contributed by atoms with Crippen LogP contribution in [0.3, 0.4) is 0 Å². The van der Waals surface area contributed by atoms with E-state index in [1.807, 2.05) is 49.1 Å². The van der Waals surface area contributed by atoms with Gasteiger partial charge in [0.2, 0.25) is 0 Å². The van der Waals surface area contributed by atoms with Crippen LogP contribution in [0.5, 0.6) is 5.75 Å². The van der Waals surface area contributed by atoms with Crippen LogP contribution in [0, 0.1) is 0 Å². The lowest BCUT2D eigenvalue weighted by Crippen LogP contribution is -2.54. The van der Waals surface area contributed by atoms with Gasteiger partial charge in [-0.1, -0.05) is 18.2 Å². The van der Waals surface area contributed by atoms with E-state index in [0.29, 0.717) is 0 Å². The van der Waals surface area contributed by atoms with Crippen LogP contribution in [0.4, 0.5) is 0 Å². The molecule has 0 unspecified atom stereocenters. The van der Waals surface area contributed by atoms with Crippen LogP contribution in [0.15, 0.2) is 30.3 Å². The van der Waals surface area contributed by atoms with Crippen molar-refractivity contribution in [1.82, 2.24) is 10.2 Å². The fourth-order valence-corrected chi connectivity index (χ4v) is 2.08. The summed E-state index contributed by atoms with van der Waals surface area (Å²) in [7, 11) is 0. The molecule has 0 radical (unpaired) electrons. The zero-order chi connectivity index (χ0) is 13.0. The molecule has 4 nitrogen and oxygen atoms in total. The van der Waals surface area contributed by atoms with Gasteiger partial charge in [0.15, 0.2) is 5.60 Å². The first kappa shape index (κ1) is 15.8. The molecule has 2 rings (SSSR count). The summed E-state index contributed by atoms with van der Waals surface area (Å²) in [5, 5.41) is 3.24. The lowest BCUT2D eigenvalue weighted by Gasteiger charge is -2.34. The maximum Gasteiger partial charge on any atom is 0.266 e. The third kappa shape index (κ3) is 4.11. The predicted molar refractivity (Wildman–Crippen MR) is 77.8 cm³/mol. The van der Waals surface area contributed by atoms with Gasteiger partial charge in [-0.25, -0.2) is 0 Å². The highest BCUT2D eigenvalue weighted by Crippen LogP contribution is 2.20. The van der Waals surface area contributed by atoms with Crippen LogP contribution in [-0.2, 0) is 4.79 Å². The lowest BCUT2D eigenvalue weighted by molar-refractivity contribution is -0.146. The van der Waals surface area contributed by atoms with E-state index in [1.165, 1.54) is 0 Å². The van der Waals surface area contributed by atoms with E-state index < -0.39 is 5.60 Å². The van der Waals surface area contributed by atoms with Gasteiger partial charge < -0.3 is 15.0 Å². The second-order valence-electron chi connectivity index (χ2n) is 4.97. The Labute approximate surface area is 120 Å². The van der Waals surface area contributed by atoms with Crippen LogP contribution in [0.2, 0.25) is 0 Å². The molecule has 1 fully saturated rings. The molecular formula is C14H21ClN2O2. The summed E-state index contributed by atoms with van der Waals surface area (Å²) < 4.78 is 5.81. The summed E-state index contributed by atoms with van der Waals surface area (Å²) in [6.45, 7) is 6.86. The number of hydrogen-bond donors (Lipinski definition) is 1. The molecular weight excluding hydrogens is 264 g/mol. The first-order valence-corrected chi connectivity index (χ1v) is 6.34. The Balaban J connectivity index is 0.00000180. The molecule has 0 bridgehead atoms. The Morgan fingerprint density at radius 3 is 2.37 bits per heavy atom. The maximum absolute atomic E-state index is 12.4. The molecule has 1 aromatic rings. The molecule has 1 aromatic carbocycles. The molecule has 0 spiro atoms. The SMILES string of the molecule is CC(C)(Oc1ccccc1)C(=O)N1CCNCC1.Cl. The number of amides is 1. The molecule has 5 heteroatoms. The van der Waals surface area contributed by atoms with Gasteiger partial charge in [-0.15, -0.1) is 12.4 Å². The average Bonchev–Trinajstić information content (AvgIpc) is 2.39. The monoisotopic (exact) mass is 284 g/mol. The second kappa shape index (κ2) is 6.78. The minimum absolute atomic E-state index is 0. The third-order valence-corrected chi connectivity index (χ3v) is 3.04. The fourth-order valence-electron chi connectivity index (χ4n) is 2.08. The predicted octanol–water partition coefficient (Wildman–Crippen LogP) is 1.70. The van der Waals surface area contributed by atoms with Crippen molar-refractivity contribution in [2.75, 3.05) is 26.2 Å². The Kier molecular flexibility index (Phi) is 5.63. The highest BCUT2D eigenvalue weighted by atomic mass is 35.5. The number of ether oxygens (including phenoxy) is 1. The van der Waals surface area contributed by atoms with Crippen LogP contribution < -0.4 is 10.1 Å². The fraction of sp³-hybridized carbons (Fsp3) is 0.500. The van der Waals surface area contributed by atoms with Gasteiger partial charge in [0, 0.05) is 26.2 Å². The van der Waals surface area contributed by atoms with Crippen molar-refractivity contribution in [3.63, 3.8) is 0 Å². The molecule has 1 aliphatic heterocycles. The minimum atomic E-state index is -0.821. The first-order valence-electron chi connectivity index (χ1n) is 6.34. The van der Waals surface area contributed by atoms with Gasteiger partial charge in [-0.2, -0.15) is 0 Å². The third-order valence-electron chi connectivity index (χ3n) is 3.04. The second-order valence-corrected chi connectivity index (χ2v) is 4.97. The summed E-state index contributed by atoms with van der Waals surface area (Å²) in [6.07, 6.45) is 0. The Bertz CT molecular complexity index is 403. The van der Waals surface area contributed by atoms with Crippen molar-refractivity contribution in [3.8, 4) is 5.75 Å². The van der Waals surface area contributed by atoms with Crippen molar-refractivity contribution in [2.24, 2.45) is 0 Å². The molecule has 0 atom stereocenters. The molecule has 1 aliphatic rings. The largest absolute Gasteiger partial charge is 0.478 e. The lowest BCUT2D eigenvalue weighted by atomic mass is 10.1. The van der Waals surface area contributed by atoms with Gasteiger partial charge >= 0.3 is 0 Å². The van der Waals surface area contributed by atoms with Gasteiger partial charge in [0.1, 0.15) is 5.75 Å². The molecule has 1 heterocycles. The summed E-state index contributed by atoms with van der Waals surface area (Å²) in [6, 6.07) is 9.47. The van der Waals surface area contributed by atoms with Crippen molar-refractivity contribution in [1.29, 1.82) is 0 Å². The molecule has 0 aromatic heterocycles. The Morgan fingerprint density at radius 2 is 1.79 bits per heavy atom. The van der Waals surface area contributed by atoms with Crippen molar-refractivity contribution in [2.45, 2.75) is 19.4 Å². The molecule has 1 N–H and O–H groups in total. The summed E-state index contributed by atoms with van der Waals surface area (Å²) in [5.41, 5.74) is -0.821. The molecule has 106 valence electrons. The number of carbonyl (C=O) groups is 1. The van der Waals surface area contributed by atoms with E-state index in [0.717, 1.165) is 31.9 Å². The number of carbonyl (C=O) groups excluding carboxylic acids is 1. The number of piperazine rings is 1. The van der Waals surface area contributed by atoms with E-state index in [9.17, 15) is 4.79 Å². The average molecular weight is 285 g/mol. The zero-order valence-electron chi connectivity index (χ0n) is 11.4. The number of hydrogen-bond acceptors (Lipinski definition) is 3. The molecule has 0 aliphatic carbocycles. The smallest absolute Gasteiger partial charge is 0.266 e. The van der Waals surface area contributed by atoms with Gasteiger partial charge in [0.05, 0.1) is 0 Å². The number of benzene rings is 1. The molecule has 0 saturated carbocycles. The van der Waals surface area contributed by atoms with Crippen molar-refractivity contribution in [3.05, 3.63) is 30.3 Å². The number of nitrogens with zero attached hydrogens (tertiary/aromatic N) is 1. The summed E-state index contributed by atoms with van der Waals surface area (Å²) in [5.74, 6) is 0.777. The standard InChI is InChI=1S/C14H20N2O2.ClH/c1-14(2,18-12-6-4-3-5-7-12)13(17)16-10-8-15-9-11-16;/h3-7,15H,8-11H2,1-2H3;1H. The van der Waals surface area contributed by atoms with Crippen LogP contribution in [0.25, 0.3) is 0 Å². The number of halogens is 1. The first-order chi connectivity index (χ1) is 8.59. The molecule has 1 saturated heterocycles. The zero-order valence-corrected chi connectivity index (χ0v) is 12.2. The van der Waals surface area contributed by atoms with E-state index in [-0.39, 0.29) is 18.3 Å². The van der Waals surface area contributed by atoms with E-state index in [2.05, 4.69) is 5.32 Å². The number of nitrogens with one attached hydrogen (secondary N) is 1. The normalized spacial score (nSPS) is 15.6. The van der Waals surface area contributed by atoms with Gasteiger partial charge in [-0.3, -0.25) is 4.79 Å². The molecule has 19 heavy (non-hydrogen) atoms. The quantitative estimate of drug-likeness (QED) is 0.919.